The highest BCUT2D eigenvalue weighted by molar-refractivity contribution is 5.72. The van der Waals surface area contributed by atoms with E-state index in [-0.39, 0.29) is 23.8 Å². The van der Waals surface area contributed by atoms with Gasteiger partial charge in [-0.15, -0.1) is 0 Å². The smallest absolute Gasteiger partial charge is 0.310 e. The summed E-state index contributed by atoms with van der Waals surface area (Å²) >= 11 is 0. The van der Waals surface area contributed by atoms with Gasteiger partial charge in [0.05, 0.1) is 18.6 Å². The fourth-order valence-electron chi connectivity index (χ4n) is 2.62. The first-order valence-corrected chi connectivity index (χ1v) is 7.77. The summed E-state index contributed by atoms with van der Waals surface area (Å²) in [7, 11) is 0. The van der Waals surface area contributed by atoms with Crippen molar-refractivity contribution in [1.82, 2.24) is 15.0 Å². The number of likely N-dealkylation sites (tertiary alicyclic amines) is 1. The van der Waals surface area contributed by atoms with Crippen LogP contribution in [-0.4, -0.2) is 40.7 Å². The number of hydrogen-bond acceptors (Lipinski definition) is 6. The van der Waals surface area contributed by atoms with Gasteiger partial charge in [-0.05, 0) is 33.2 Å². The molecule has 1 aliphatic heterocycles. The van der Waals surface area contributed by atoms with E-state index in [0.29, 0.717) is 19.0 Å². The largest absolute Gasteiger partial charge is 0.466 e. The fraction of sp³-hybridized carbons (Fsp3) is 0.800. The van der Waals surface area contributed by atoms with Gasteiger partial charge in [0.25, 0.3) is 0 Å². The topological polar surface area (TPSA) is 68.5 Å². The average Bonchev–Trinajstić information content (AvgIpc) is 2.97. The Labute approximate surface area is 125 Å². The maximum atomic E-state index is 11.9. The van der Waals surface area contributed by atoms with Crippen LogP contribution in [0.4, 0.5) is 0 Å². The van der Waals surface area contributed by atoms with E-state index in [0.717, 1.165) is 25.2 Å². The summed E-state index contributed by atoms with van der Waals surface area (Å²) in [5, 5.41) is 4.01. The summed E-state index contributed by atoms with van der Waals surface area (Å²) in [6.07, 6.45) is 1.88. The van der Waals surface area contributed by atoms with Crippen molar-refractivity contribution in [3.63, 3.8) is 0 Å². The summed E-state index contributed by atoms with van der Waals surface area (Å²) in [5.74, 6) is 1.47. The molecule has 0 radical (unpaired) electrons. The summed E-state index contributed by atoms with van der Waals surface area (Å²) in [5.41, 5.74) is 0. The Hall–Kier alpha value is -1.43. The summed E-state index contributed by atoms with van der Waals surface area (Å²) < 4.78 is 10.5. The average molecular weight is 295 g/mol. The molecule has 2 atom stereocenters. The molecule has 1 aromatic rings. The van der Waals surface area contributed by atoms with Gasteiger partial charge in [-0.25, -0.2) is 0 Å². The molecule has 0 saturated carbocycles. The van der Waals surface area contributed by atoms with E-state index in [2.05, 4.69) is 15.0 Å². The van der Waals surface area contributed by atoms with Crippen LogP contribution in [-0.2, 0) is 9.53 Å². The van der Waals surface area contributed by atoms with Crippen molar-refractivity contribution in [3.8, 4) is 0 Å². The molecule has 0 aliphatic carbocycles. The van der Waals surface area contributed by atoms with Crippen molar-refractivity contribution in [2.24, 2.45) is 5.92 Å². The third kappa shape index (κ3) is 3.81. The lowest BCUT2D eigenvalue weighted by molar-refractivity contribution is -0.150. The van der Waals surface area contributed by atoms with Gasteiger partial charge in [-0.1, -0.05) is 19.0 Å². The highest BCUT2D eigenvalue weighted by Crippen LogP contribution is 2.27. The highest BCUT2D eigenvalue weighted by atomic mass is 16.5. The lowest BCUT2D eigenvalue weighted by Crippen LogP contribution is -2.40. The molecule has 1 saturated heterocycles. The number of ether oxygens (including phenoxy) is 1. The van der Waals surface area contributed by atoms with Gasteiger partial charge in [0.2, 0.25) is 5.89 Å². The molecule has 6 heteroatoms. The first kappa shape index (κ1) is 15.9. The molecular formula is C15H25N3O3. The Morgan fingerprint density at radius 2 is 2.24 bits per heavy atom. The zero-order valence-electron chi connectivity index (χ0n) is 13.3. The minimum atomic E-state index is -0.0946. The predicted molar refractivity (Wildman–Crippen MR) is 77.7 cm³/mol. The van der Waals surface area contributed by atoms with Crippen LogP contribution in [0.1, 0.15) is 64.2 Å². The molecular weight excluding hydrogens is 270 g/mol. The molecule has 6 nitrogen and oxygen atoms in total. The molecule has 0 bridgehead atoms. The minimum absolute atomic E-state index is 0.0298. The van der Waals surface area contributed by atoms with Crippen molar-refractivity contribution in [2.75, 3.05) is 19.7 Å². The van der Waals surface area contributed by atoms with Gasteiger partial charge in [0.15, 0.2) is 5.82 Å². The number of aromatic nitrogens is 2. The number of carbonyl (C=O) groups excluding carboxylic acids is 1. The monoisotopic (exact) mass is 295 g/mol. The van der Waals surface area contributed by atoms with E-state index in [9.17, 15) is 4.79 Å². The second kappa shape index (κ2) is 7.02. The molecule has 2 rings (SSSR count). The number of carbonyl (C=O) groups is 1. The highest BCUT2D eigenvalue weighted by Gasteiger charge is 2.31. The molecule has 21 heavy (non-hydrogen) atoms. The van der Waals surface area contributed by atoms with E-state index < -0.39 is 0 Å². The lowest BCUT2D eigenvalue weighted by atomic mass is 9.97. The first-order chi connectivity index (χ1) is 10.0. The Morgan fingerprint density at radius 1 is 1.48 bits per heavy atom. The fourth-order valence-corrected chi connectivity index (χ4v) is 2.62. The maximum Gasteiger partial charge on any atom is 0.310 e. The van der Waals surface area contributed by atoms with Gasteiger partial charge in [0.1, 0.15) is 0 Å². The number of piperidine rings is 1. The van der Waals surface area contributed by atoms with E-state index in [4.69, 9.17) is 9.26 Å². The van der Waals surface area contributed by atoms with Crippen LogP contribution in [0.3, 0.4) is 0 Å². The molecule has 2 heterocycles. The minimum Gasteiger partial charge on any atom is -0.466 e. The Kier molecular flexibility index (Phi) is 5.33. The zero-order chi connectivity index (χ0) is 15.4. The second-order valence-electron chi connectivity index (χ2n) is 5.91. The Bertz CT molecular complexity index is 472. The van der Waals surface area contributed by atoms with Crippen molar-refractivity contribution in [3.05, 3.63) is 11.7 Å². The van der Waals surface area contributed by atoms with Crippen molar-refractivity contribution in [1.29, 1.82) is 0 Å². The van der Waals surface area contributed by atoms with Crippen LogP contribution in [0.5, 0.6) is 0 Å². The van der Waals surface area contributed by atoms with Crippen molar-refractivity contribution >= 4 is 5.97 Å². The molecule has 0 amide bonds. The molecule has 0 aromatic carbocycles. The van der Waals surface area contributed by atoms with E-state index in [1.165, 1.54) is 0 Å². The lowest BCUT2D eigenvalue weighted by Gasteiger charge is -2.34. The number of nitrogens with zero attached hydrogens (tertiary/aromatic N) is 3. The van der Waals surface area contributed by atoms with Crippen molar-refractivity contribution in [2.45, 2.75) is 52.5 Å². The van der Waals surface area contributed by atoms with Crippen LogP contribution in [0.2, 0.25) is 0 Å². The quantitative estimate of drug-likeness (QED) is 0.778. The number of rotatable bonds is 5. The van der Waals surface area contributed by atoms with Crippen LogP contribution >= 0.6 is 0 Å². The van der Waals surface area contributed by atoms with Gasteiger partial charge in [-0.2, -0.15) is 4.98 Å². The molecule has 0 N–H and O–H groups in total. The molecule has 118 valence electrons. The third-order valence-electron chi connectivity index (χ3n) is 3.95. The standard InChI is InChI=1S/C15H25N3O3/c1-5-20-15(19)12-7-6-8-18(9-12)11(4)14-16-13(10(2)3)17-21-14/h10-12H,5-9H2,1-4H3/t11-,12-/m1/s1. The van der Waals surface area contributed by atoms with E-state index in [1.807, 2.05) is 27.7 Å². The Balaban J connectivity index is 2.01. The van der Waals surface area contributed by atoms with Crippen molar-refractivity contribution < 1.29 is 14.1 Å². The Morgan fingerprint density at radius 3 is 2.86 bits per heavy atom. The summed E-state index contributed by atoms with van der Waals surface area (Å²) in [4.78, 5) is 18.6. The van der Waals surface area contributed by atoms with Gasteiger partial charge < -0.3 is 9.26 Å². The van der Waals surface area contributed by atoms with Gasteiger partial charge in [-0.3, -0.25) is 9.69 Å². The van der Waals surface area contributed by atoms with Gasteiger partial charge >= 0.3 is 5.97 Å². The van der Waals surface area contributed by atoms with Crippen LogP contribution in [0.25, 0.3) is 0 Å². The second-order valence-corrected chi connectivity index (χ2v) is 5.91. The van der Waals surface area contributed by atoms with Crippen LogP contribution < -0.4 is 0 Å². The maximum absolute atomic E-state index is 11.9. The summed E-state index contributed by atoms with van der Waals surface area (Å²) in [6, 6.07) is 0.0298. The number of hydrogen-bond donors (Lipinski definition) is 0. The SMILES string of the molecule is CCOC(=O)[C@@H]1CCCN([C@H](C)c2nc(C(C)C)no2)C1. The van der Waals surface area contributed by atoms with Gasteiger partial charge in [0, 0.05) is 12.5 Å². The normalized spacial score (nSPS) is 21.5. The third-order valence-corrected chi connectivity index (χ3v) is 3.95. The molecule has 0 spiro atoms. The first-order valence-electron chi connectivity index (χ1n) is 7.77. The zero-order valence-corrected chi connectivity index (χ0v) is 13.3. The van der Waals surface area contributed by atoms with Crippen LogP contribution in [0, 0.1) is 5.92 Å². The molecule has 1 aromatic heterocycles. The summed E-state index contributed by atoms with van der Waals surface area (Å²) in [6.45, 7) is 10.0. The molecule has 0 unspecified atom stereocenters. The number of esters is 1. The van der Waals surface area contributed by atoms with E-state index >= 15 is 0 Å². The molecule has 1 fully saturated rings. The van der Waals surface area contributed by atoms with E-state index in [1.54, 1.807) is 0 Å². The predicted octanol–water partition coefficient (Wildman–Crippen LogP) is 2.53. The van der Waals surface area contributed by atoms with Crippen LogP contribution in [0.15, 0.2) is 4.52 Å². The molecule has 1 aliphatic rings.